The molecule has 9 heteroatoms. The minimum Gasteiger partial charge on any atom is -0.490 e. The van der Waals surface area contributed by atoms with Gasteiger partial charge in [0.15, 0.2) is 16.7 Å². The van der Waals surface area contributed by atoms with Gasteiger partial charge in [0.1, 0.15) is 6.61 Å². The van der Waals surface area contributed by atoms with Crippen LogP contribution in [0.2, 0.25) is 15.1 Å². The quantitative estimate of drug-likeness (QED) is 0.306. The third kappa shape index (κ3) is 6.53. The Labute approximate surface area is 223 Å². The van der Waals surface area contributed by atoms with E-state index in [0.717, 1.165) is 16.8 Å². The van der Waals surface area contributed by atoms with Crippen molar-refractivity contribution in [1.29, 1.82) is 0 Å². The fourth-order valence-corrected chi connectivity index (χ4v) is 4.66. The van der Waals surface area contributed by atoms with Crippen LogP contribution in [0.5, 0.6) is 11.5 Å². The van der Waals surface area contributed by atoms with Crippen LogP contribution in [-0.2, 0) is 11.4 Å². The van der Waals surface area contributed by atoms with Crippen molar-refractivity contribution in [2.45, 2.75) is 20.5 Å². The lowest BCUT2D eigenvalue weighted by molar-refractivity contribution is -0.115. The van der Waals surface area contributed by atoms with E-state index in [1.54, 1.807) is 30.3 Å². The van der Waals surface area contributed by atoms with Crippen molar-refractivity contribution in [2.24, 2.45) is 4.99 Å². The van der Waals surface area contributed by atoms with Gasteiger partial charge in [-0.05, 0) is 79.2 Å². The maximum absolute atomic E-state index is 12.5. The van der Waals surface area contributed by atoms with Crippen LogP contribution in [-0.4, -0.2) is 17.7 Å². The van der Waals surface area contributed by atoms with Crippen molar-refractivity contribution in [2.75, 3.05) is 6.61 Å². The number of benzene rings is 3. The Balaban J connectivity index is 1.55. The molecule has 180 valence electrons. The highest BCUT2D eigenvalue weighted by molar-refractivity contribution is 8.18. The number of thioether (sulfide) groups is 1. The molecule has 1 aliphatic rings. The number of amidine groups is 1. The largest absolute Gasteiger partial charge is 0.490 e. The Morgan fingerprint density at radius 3 is 2.46 bits per heavy atom. The molecule has 0 radical (unpaired) electrons. The molecule has 0 saturated carbocycles. The smallest absolute Gasteiger partial charge is 0.264 e. The molecule has 1 N–H and O–H groups in total. The number of hydrogen-bond donors (Lipinski definition) is 1. The van der Waals surface area contributed by atoms with Gasteiger partial charge in [-0.1, -0.05) is 58.6 Å². The van der Waals surface area contributed by atoms with Crippen molar-refractivity contribution in [3.63, 3.8) is 0 Å². The molecule has 1 aliphatic heterocycles. The van der Waals surface area contributed by atoms with Crippen molar-refractivity contribution in [1.82, 2.24) is 5.32 Å². The van der Waals surface area contributed by atoms with Crippen molar-refractivity contribution in [3.05, 3.63) is 91.3 Å². The van der Waals surface area contributed by atoms with Crippen LogP contribution in [0.15, 0.2) is 64.5 Å². The average molecular weight is 548 g/mol. The predicted molar refractivity (Wildman–Crippen MR) is 145 cm³/mol. The summed E-state index contributed by atoms with van der Waals surface area (Å²) in [6, 6.07) is 16.5. The maximum atomic E-state index is 12.5. The van der Waals surface area contributed by atoms with Crippen LogP contribution in [0.3, 0.4) is 0 Å². The zero-order chi connectivity index (χ0) is 24.9. The summed E-state index contributed by atoms with van der Waals surface area (Å²) in [4.78, 5) is 17.5. The number of halogens is 3. The molecule has 1 heterocycles. The second kappa shape index (κ2) is 11.4. The topological polar surface area (TPSA) is 59.9 Å². The number of carbonyl (C=O) groups is 1. The molecule has 1 fully saturated rings. The first kappa shape index (κ1) is 25.5. The summed E-state index contributed by atoms with van der Waals surface area (Å²) in [5.74, 6) is 0.658. The summed E-state index contributed by atoms with van der Waals surface area (Å²) < 4.78 is 11.7. The summed E-state index contributed by atoms with van der Waals surface area (Å²) in [6.45, 7) is 4.53. The standard InChI is InChI=1S/C26H21Cl3N2O3S/c1-3-33-22-12-17(11-21(29)24(22)34-14-16-6-9-19(27)20(28)10-16)13-23-25(32)31-26(35-23)30-18-7-4-15(2)5-8-18/h4-13H,3,14H2,1-2H3,(H,30,31,32)/b23-13+. The van der Waals surface area contributed by atoms with E-state index in [2.05, 4.69) is 10.3 Å². The van der Waals surface area contributed by atoms with Gasteiger partial charge in [0.05, 0.1) is 32.3 Å². The minimum atomic E-state index is -0.227. The molecule has 0 unspecified atom stereocenters. The summed E-state index contributed by atoms with van der Waals surface area (Å²) in [7, 11) is 0. The summed E-state index contributed by atoms with van der Waals surface area (Å²) in [6.07, 6.45) is 1.74. The third-order valence-electron chi connectivity index (χ3n) is 4.91. The second-order valence-corrected chi connectivity index (χ2v) is 9.87. The molecule has 0 bridgehead atoms. The summed E-state index contributed by atoms with van der Waals surface area (Å²) in [5, 5.41) is 4.60. The van der Waals surface area contributed by atoms with E-state index in [1.807, 2.05) is 44.2 Å². The first-order valence-electron chi connectivity index (χ1n) is 10.7. The lowest BCUT2D eigenvalue weighted by atomic mass is 10.1. The molecule has 1 saturated heterocycles. The van der Waals surface area contributed by atoms with Crippen molar-refractivity contribution >= 4 is 69.4 Å². The fourth-order valence-electron chi connectivity index (χ4n) is 3.23. The SMILES string of the molecule is CCOc1cc(/C=C2/SC(=Nc3ccc(C)cc3)NC2=O)cc(Cl)c1OCc1ccc(Cl)c(Cl)c1. The van der Waals surface area contributed by atoms with Crippen LogP contribution in [0.25, 0.3) is 6.08 Å². The molecule has 5 nitrogen and oxygen atoms in total. The average Bonchev–Trinajstić information content (AvgIpc) is 3.15. The molecule has 0 aliphatic carbocycles. The first-order chi connectivity index (χ1) is 16.8. The Bertz CT molecular complexity index is 1320. The van der Waals surface area contributed by atoms with Crippen LogP contribution in [0.1, 0.15) is 23.6 Å². The minimum absolute atomic E-state index is 0.227. The van der Waals surface area contributed by atoms with Gasteiger partial charge in [0, 0.05) is 0 Å². The molecule has 0 aromatic heterocycles. The van der Waals surface area contributed by atoms with Gasteiger partial charge < -0.3 is 14.8 Å². The zero-order valence-electron chi connectivity index (χ0n) is 18.9. The monoisotopic (exact) mass is 546 g/mol. The van der Waals surface area contributed by atoms with E-state index >= 15 is 0 Å². The first-order valence-corrected chi connectivity index (χ1v) is 12.7. The van der Waals surface area contributed by atoms with Crippen LogP contribution < -0.4 is 14.8 Å². The summed E-state index contributed by atoms with van der Waals surface area (Å²) >= 11 is 19.9. The van der Waals surface area contributed by atoms with E-state index < -0.39 is 0 Å². The van der Waals surface area contributed by atoms with Gasteiger partial charge in [-0.15, -0.1) is 0 Å². The molecule has 35 heavy (non-hydrogen) atoms. The normalized spacial score (nSPS) is 15.5. The van der Waals surface area contributed by atoms with E-state index in [-0.39, 0.29) is 12.5 Å². The van der Waals surface area contributed by atoms with Crippen LogP contribution >= 0.6 is 46.6 Å². The highest BCUT2D eigenvalue weighted by atomic mass is 35.5. The number of carbonyl (C=O) groups excluding carboxylic acids is 1. The Morgan fingerprint density at radius 2 is 1.74 bits per heavy atom. The van der Waals surface area contributed by atoms with E-state index in [1.165, 1.54) is 11.8 Å². The number of hydrogen-bond acceptors (Lipinski definition) is 5. The predicted octanol–water partition coefficient (Wildman–Crippen LogP) is 7.82. The summed E-state index contributed by atoms with van der Waals surface area (Å²) in [5.41, 5.74) is 3.45. The van der Waals surface area contributed by atoms with E-state index in [4.69, 9.17) is 44.3 Å². The Morgan fingerprint density at radius 1 is 0.971 bits per heavy atom. The number of rotatable bonds is 7. The van der Waals surface area contributed by atoms with Gasteiger partial charge in [-0.3, -0.25) is 4.79 Å². The molecule has 3 aromatic rings. The van der Waals surface area contributed by atoms with Crippen molar-refractivity contribution < 1.29 is 14.3 Å². The molecular formula is C26H21Cl3N2O3S. The number of aryl methyl sites for hydroxylation is 1. The van der Waals surface area contributed by atoms with Crippen molar-refractivity contribution in [3.8, 4) is 11.5 Å². The molecule has 4 rings (SSSR count). The molecule has 0 spiro atoms. The van der Waals surface area contributed by atoms with Gasteiger partial charge in [0.2, 0.25) is 0 Å². The number of amides is 1. The van der Waals surface area contributed by atoms with Gasteiger partial charge in [-0.25, -0.2) is 4.99 Å². The fraction of sp³-hybridized carbons (Fsp3) is 0.154. The van der Waals surface area contributed by atoms with E-state index in [9.17, 15) is 4.79 Å². The van der Waals surface area contributed by atoms with Gasteiger partial charge in [0.25, 0.3) is 5.91 Å². The van der Waals surface area contributed by atoms with Gasteiger partial charge >= 0.3 is 0 Å². The maximum Gasteiger partial charge on any atom is 0.264 e. The van der Waals surface area contributed by atoms with Crippen LogP contribution in [0, 0.1) is 6.92 Å². The highest BCUT2D eigenvalue weighted by Gasteiger charge is 2.24. The molecule has 3 aromatic carbocycles. The zero-order valence-corrected chi connectivity index (χ0v) is 22.0. The van der Waals surface area contributed by atoms with Gasteiger partial charge in [-0.2, -0.15) is 0 Å². The number of nitrogens with one attached hydrogen (secondary N) is 1. The highest BCUT2D eigenvalue weighted by Crippen LogP contribution is 2.39. The Hall–Kier alpha value is -2.64. The lowest BCUT2D eigenvalue weighted by Gasteiger charge is -2.15. The molecule has 1 amide bonds. The number of aliphatic imine (C=N–C) groups is 1. The molecular weight excluding hydrogens is 527 g/mol. The Kier molecular flexibility index (Phi) is 8.29. The van der Waals surface area contributed by atoms with Crippen LogP contribution in [0.4, 0.5) is 5.69 Å². The lowest BCUT2D eigenvalue weighted by Crippen LogP contribution is -2.19. The number of nitrogens with zero attached hydrogens (tertiary/aromatic N) is 1. The molecule has 0 atom stereocenters. The second-order valence-electron chi connectivity index (χ2n) is 7.62. The van der Waals surface area contributed by atoms with E-state index in [0.29, 0.717) is 48.8 Å². The number of ether oxygens (including phenoxy) is 2. The third-order valence-corrected chi connectivity index (χ3v) is 6.84.